The molecule has 8 rings (SSSR count). The molecule has 0 aliphatic rings. The number of carbonyl (C=O) groups is 2. The van der Waals surface area contributed by atoms with Crippen LogP contribution >= 0.6 is 12.2 Å². The fourth-order valence-corrected chi connectivity index (χ4v) is 6.35. The highest BCUT2D eigenvalue weighted by Crippen LogP contribution is 2.29. The summed E-state index contributed by atoms with van der Waals surface area (Å²) in [6, 6.07) is 47.5. The average molecular weight is 729 g/mol. The number of aromatic amines is 1. The van der Waals surface area contributed by atoms with Crippen LogP contribution in [0.4, 0.5) is 11.9 Å². The van der Waals surface area contributed by atoms with Crippen LogP contribution in [0.5, 0.6) is 0 Å². The molecule has 3 heterocycles. The summed E-state index contributed by atoms with van der Waals surface area (Å²) in [5, 5.41) is 13.2. The number of hydrogen-bond acceptors (Lipinski definition) is 6. The number of rotatable bonds is 8. The zero-order valence-corrected chi connectivity index (χ0v) is 30.4. The predicted octanol–water partition coefficient (Wildman–Crippen LogP) is 9.04. The van der Waals surface area contributed by atoms with Gasteiger partial charge in [-0.05, 0) is 61.4 Å². The number of carbonyl (C=O) groups excluding carboxylic acids is 2. The van der Waals surface area contributed by atoms with E-state index in [4.69, 9.17) is 17.2 Å². The maximum Gasteiger partial charge on any atom is 0.258 e. The number of hydrogen-bond donors (Lipinski definition) is 3. The maximum atomic E-state index is 12.6. The fraction of sp³-hybridized carbons (Fsp3) is 0.0698. The van der Waals surface area contributed by atoms with E-state index in [0.29, 0.717) is 16.8 Å². The number of amides is 2. The van der Waals surface area contributed by atoms with Gasteiger partial charge in [-0.2, -0.15) is 9.67 Å². The quantitative estimate of drug-likeness (QED) is 0.134. The van der Waals surface area contributed by atoms with E-state index in [9.17, 15) is 9.59 Å². The molecule has 0 atom stereocenters. The molecule has 0 spiro atoms. The SMILES string of the molecule is Cc1nc2c(-c3ccccc3)c(C)[nH]n2c(=S)c1Cc1ccccc1.O=C(Nc1nc(NC(=O)c2ccccc2)n(-c2ccccc2)n1)c1ccccc1. The number of benzene rings is 5. The minimum atomic E-state index is -0.336. The summed E-state index contributed by atoms with van der Waals surface area (Å²) >= 11 is 5.79. The van der Waals surface area contributed by atoms with Crippen molar-refractivity contribution < 1.29 is 9.59 Å². The van der Waals surface area contributed by atoms with Gasteiger partial charge in [0.2, 0.25) is 5.95 Å². The smallest absolute Gasteiger partial charge is 0.258 e. The Morgan fingerprint density at radius 2 is 1.19 bits per heavy atom. The molecular weight excluding hydrogens is 693 g/mol. The van der Waals surface area contributed by atoms with Crippen molar-refractivity contribution in [2.45, 2.75) is 20.3 Å². The molecule has 54 heavy (non-hydrogen) atoms. The number of nitrogens with zero attached hydrogens (tertiary/aromatic N) is 5. The van der Waals surface area contributed by atoms with Crippen LogP contribution in [-0.4, -0.2) is 41.2 Å². The number of anilines is 2. The maximum absolute atomic E-state index is 12.6. The van der Waals surface area contributed by atoms with Crippen molar-refractivity contribution in [3.05, 3.63) is 190 Å². The van der Waals surface area contributed by atoms with Gasteiger partial charge in [0.25, 0.3) is 17.8 Å². The Hall–Kier alpha value is -6.98. The minimum Gasteiger partial charge on any atom is -0.295 e. The molecule has 0 aliphatic carbocycles. The van der Waals surface area contributed by atoms with Crippen molar-refractivity contribution >= 4 is 41.6 Å². The topological polar surface area (TPSA) is 122 Å². The van der Waals surface area contributed by atoms with Crippen LogP contribution < -0.4 is 10.6 Å². The van der Waals surface area contributed by atoms with Gasteiger partial charge in [-0.15, -0.1) is 5.10 Å². The molecule has 8 aromatic rings. The molecule has 0 saturated heterocycles. The van der Waals surface area contributed by atoms with Gasteiger partial charge in [0.05, 0.1) is 5.69 Å². The third kappa shape index (κ3) is 7.91. The molecule has 0 fully saturated rings. The monoisotopic (exact) mass is 728 g/mol. The van der Waals surface area contributed by atoms with Crippen molar-refractivity contribution in [1.82, 2.24) is 29.4 Å². The van der Waals surface area contributed by atoms with Crippen molar-refractivity contribution in [3.63, 3.8) is 0 Å². The zero-order chi connectivity index (χ0) is 37.4. The van der Waals surface area contributed by atoms with E-state index >= 15 is 0 Å². The van der Waals surface area contributed by atoms with Gasteiger partial charge in [-0.1, -0.05) is 127 Å². The molecule has 10 nitrogen and oxygen atoms in total. The number of fused-ring (bicyclic) bond motifs is 1. The van der Waals surface area contributed by atoms with Crippen LogP contribution in [0.2, 0.25) is 0 Å². The standard InChI is InChI=1S/C22H17N5O2.C21H19N3S/c28-19(16-10-4-1-5-11-16)23-21-25-22(24-20(29)17-12-6-2-7-13-17)27(26-21)18-14-8-3-9-15-18;1-14-18(13-16-9-5-3-6-10-16)21(25)24-20(22-14)19(15(2)23-24)17-11-7-4-8-12-17/h1-15H,(H2,23,24,25,26,28,29);3-12,23H,13H2,1-2H3. The van der Waals surface area contributed by atoms with Crippen LogP contribution in [0.3, 0.4) is 0 Å². The molecule has 5 aromatic carbocycles. The molecule has 0 aliphatic heterocycles. The van der Waals surface area contributed by atoms with Gasteiger partial charge in [0.15, 0.2) is 5.65 Å². The third-order valence-corrected chi connectivity index (χ3v) is 9.11. The Labute approximate surface area is 317 Å². The van der Waals surface area contributed by atoms with Crippen molar-refractivity contribution in [1.29, 1.82) is 0 Å². The van der Waals surface area contributed by atoms with Crippen LogP contribution in [0, 0.1) is 18.5 Å². The first-order chi connectivity index (χ1) is 26.4. The first-order valence-electron chi connectivity index (χ1n) is 17.3. The Morgan fingerprint density at radius 1 is 0.667 bits per heavy atom. The molecule has 3 aromatic heterocycles. The second-order valence-electron chi connectivity index (χ2n) is 12.4. The van der Waals surface area contributed by atoms with Crippen molar-refractivity contribution in [3.8, 4) is 16.8 Å². The Morgan fingerprint density at radius 3 is 1.78 bits per heavy atom. The lowest BCUT2D eigenvalue weighted by Crippen LogP contribution is -2.15. The molecule has 11 heteroatoms. The highest BCUT2D eigenvalue weighted by molar-refractivity contribution is 7.71. The largest absolute Gasteiger partial charge is 0.295 e. The van der Waals surface area contributed by atoms with E-state index in [1.54, 1.807) is 48.5 Å². The molecule has 2 amide bonds. The lowest BCUT2D eigenvalue weighted by Gasteiger charge is -2.08. The molecule has 0 saturated carbocycles. The van der Waals surface area contributed by atoms with E-state index in [2.05, 4.69) is 69.1 Å². The number of nitrogens with one attached hydrogen (secondary N) is 3. The van der Waals surface area contributed by atoms with Gasteiger partial charge in [-0.3, -0.25) is 25.3 Å². The highest BCUT2D eigenvalue weighted by Gasteiger charge is 2.18. The van der Waals surface area contributed by atoms with Gasteiger partial charge < -0.3 is 0 Å². The zero-order valence-electron chi connectivity index (χ0n) is 29.6. The van der Waals surface area contributed by atoms with Crippen LogP contribution in [-0.2, 0) is 6.42 Å². The molecular formula is C43H36N8O2S. The first kappa shape index (κ1) is 35.4. The highest BCUT2D eigenvalue weighted by atomic mass is 32.1. The molecule has 3 N–H and O–H groups in total. The fourth-order valence-electron chi connectivity index (χ4n) is 6.00. The van der Waals surface area contributed by atoms with Crippen LogP contribution in [0.15, 0.2) is 152 Å². The van der Waals surface area contributed by atoms with Crippen LogP contribution in [0.1, 0.15) is 43.2 Å². The summed E-state index contributed by atoms with van der Waals surface area (Å²) in [5.74, 6) is -0.368. The molecule has 0 bridgehead atoms. The minimum absolute atomic E-state index is 0.0890. The van der Waals surface area contributed by atoms with Gasteiger partial charge in [0, 0.05) is 40.1 Å². The summed E-state index contributed by atoms with van der Waals surface area (Å²) in [7, 11) is 0. The summed E-state index contributed by atoms with van der Waals surface area (Å²) in [5.41, 5.74) is 9.22. The van der Waals surface area contributed by atoms with Crippen molar-refractivity contribution in [2.75, 3.05) is 10.6 Å². The van der Waals surface area contributed by atoms with E-state index in [1.165, 1.54) is 10.2 Å². The first-order valence-corrected chi connectivity index (χ1v) is 17.7. The second kappa shape index (κ2) is 16.1. The van der Waals surface area contributed by atoms with Gasteiger partial charge in [-0.25, -0.2) is 9.50 Å². The summed E-state index contributed by atoms with van der Waals surface area (Å²) < 4.78 is 4.22. The molecule has 266 valence electrons. The van der Waals surface area contributed by atoms with Gasteiger partial charge >= 0.3 is 0 Å². The predicted molar refractivity (Wildman–Crippen MR) is 215 cm³/mol. The lowest BCUT2D eigenvalue weighted by molar-refractivity contribution is 0.101. The van der Waals surface area contributed by atoms with E-state index < -0.39 is 0 Å². The lowest BCUT2D eigenvalue weighted by atomic mass is 10.0. The number of aromatic nitrogens is 6. The Balaban J connectivity index is 0.000000168. The summed E-state index contributed by atoms with van der Waals surface area (Å²) in [4.78, 5) is 34.2. The van der Waals surface area contributed by atoms with E-state index in [1.807, 2.05) is 78.2 Å². The second-order valence-corrected chi connectivity index (χ2v) is 12.8. The molecule has 0 unspecified atom stereocenters. The van der Waals surface area contributed by atoms with E-state index in [-0.39, 0.29) is 23.7 Å². The van der Waals surface area contributed by atoms with Crippen LogP contribution in [0.25, 0.3) is 22.5 Å². The summed E-state index contributed by atoms with van der Waals surface area (Å²) in [6.45, 7) is 4.11. The van der Waals surface area contributed by atoms with Gasteiger partial charge in [0.1, 0.15) is 4.64 Å². The third-order valence-electron chi connectivity index (χ3n) is 8.68. The normalized spacial score (nSPS) is 10.7. The van der Waals surface area contributed by atoms with Crippen molar-refractivity contribution in [2.24, 2.45) is 0 Å². The Kier molecular flexibility index (Phi) is 10.6. The number of H-pyrrole nitrogens is 1. The Bertz CT molecular complexity index is 2590. The average Bonchev–Trinajstić information content (AvgIpc) is 3.77. The number of para-hydroxylation sites is 1. The molecule has 0 radical (unpaired) electrons. The van der Waals surface area contributed by atoms with E-state index in [0.717, 1.165) is 44.8 Å². The summed E-state index contributed by atoms with van der Waals surface area (Å²) in [6.07, 6.45) is 0.792. The number of aryl methyl sites for hydroxylation is 2.